The Morgan fingerprint density at radius 3 is 2.75 bits per heavy atom. The largest absolute Gasteiger partial charge is 0.508 e. The molecule has 0 aromatic heterocycles. The average molecular weight is 226 g/mol. The number of aliphatic hydroxyl groups is 1. The van der Waals surface area contributed by atoms with Crippen LogP contribution in [0.15, 0.2) is 18.2 Å². The molecule has 3 N–H and O–H groups in total. The number of nitro groups is 1. The van der Waals surface area contributed by atoms with Gasteiger partial charge in [0, 0.05) is 6.04 Å². The van der Waals surface area contributed by atoms with E-state index < -0.39 is 4.92 Å². The summed E-state index contributed by atoms with van der Waals surface area (Å²) in [7, 11) is 0. The van der Waals surface area contributed by atoms with E-state index in [0.717, 1.165) is 6.07 Å². The molecule has 1 rings (SSSR count). The molecule has 1 aromatic rings. The summed E-state index contributed by atoms with van der Waals surface area (Å²) in [5.41, 5.74) is 0.0931. The Bertz CT molecular complexity index is 377. The number of nitro benzene ring substituents is 1. The van der Waals surface area contributed by atoms with Crippen molar-refractivity contribution in [2.45, 2.75) is 19.4 Å². The van der Waals surface area contributed by atoms with Crippen LogP contribution in [-0.2, 0) is 0 Å². The van der Waals surface area contributed by atoms with E-state index in [9.17, 15) is 10.1 Å². The van der Waals surface area contributed by atoms with Crippen LogP contribution in [0.4, 0.5) is 11.4 Å². The van der Waals surface area contributed by atoms with Gasteiger partial charge in [0.2, 0.25) is 0 Å². The molecule has 0 heterocycles. The lowest BCUT2D eigenvalue weighted by molar-refractivity contribution is -0.384. The smallest absolute Gasteiger partial charge is 0.296 e. The third-order valence-electron chi connectivity index (χ3n) is 2.25. The van der Waals surface area contributed by atoms with Gasteiger partial charge in [-0.3, -0.25) is 10.1 Å². The molecule has 0 saturated carbocycles. The van der Waals surface area contributed by atoms with Crippen LogP contribution in [0.25, 0.3) is 0 Å². The molecule has 1 aromatic carbocycles. The lowest BCUT2D eigenvalue weighted by Gasteiger charge is -2.15. The van der Waals surface area contributed by atoms with Crippen LogP contribution in [0.1, 0.15) is 13.3 Å². The Balaban J connectivity index is 2.98. The highest BCUT2D eigenvalue weighted by atomic mass is 16.6. The summed E-state index contributed by atoms with van der Waals surface area (Å²) in [5.74, 6) is -0.158. The van der Waals surface area contributed by atoms with E-state index in [2.05, 4.69) is 5.32 Å². The number of phenolic OH excluding ortho intramolecular Hbond substituents is 1. The quantitative estimate of drug-likeness (QED) is 0.401. The lowest BCUT2D eigenvalue weighted by Crippen LogP contribution is -2.23. The van der Waals surface area contributed by atoms with Gasteiger partial charge in [-0.1, -0.05) is 6.92 Å². The Morgan fingerprint density at radius 2 is 2.25 bits per heavy atom. The Hall–Kier alpha value is -1.82. The Kier molecular flexibility index (Phi) is 4.07. The second-order valence-electron chi connectivity index (χ2n) is 3.39. The first-order valence-corrected chi connectivity index (χ1v) is 4.93. The topological polar surface area (TPSA) is 95.6 Å². The van der Waals surface area contributed by atoms with Crippen molar-refractivity contribution in [2.75, 3.05) is 11.9 Å². The predicted molar refractivity (Wildman–Crippen MR) is 59.5 cm³/mol. The first kappa shape index (κ1) is 12.3. The third-order valence-corrected chi connectivity index (χ3v) is 2.25. The van der Waals surface area contributed by atoms with Crippen molar-refractivity contribution in [3.05, 3.63) is 28.3 Å². The van der Waals surface area contributed by atoms with Gasteiger partial charge in [0.15, 0.2) is 0 Å². The van der Waals surface area contributed by atoms with Crippen molar-refractivity contribution < 1.29 is 15.1 Å². The van der Waals surface area contributed by atoms with Gasteiger partial charge >= 0.3 is 0 Å². The number of hydrogen-bond donors (Lipinski definition) is 3. The molecule has 1 atom stereocenters. The van der Waals surface area contributed by atoms with Crippen LogP contribution in [0.2, 0.25) is 0 Å². The highest BCUT2D eigenvalue weighted by molar-refractivity contribution is 5.64. The molecule has 1 unspecified atom stereocenters. The number of benzene rings is 1. The number of hydrogen-bond acceptors (Lipinski definition) is 5. The zero-order chi connectivity index (χ0) is 12.1. The van der Waals surface area contributed by atoms with Crippen LogP contribution in [0, 0.1) is 10.1 Å². The van der Waals surface area contributed by atoms with Gasteiger partial charge in [0.05, 0.1) is 17.6 Å². The Morgan fingerprint density at radius 1 is 1.56 bits per heavy atom. The van der Waals surface area contributed by atoms with Gasteiger partial charge in [-0.25, -0.2) is 0 Å². The van der Waals surface area contributed by atoms with E-state index in [1.807, 2.05) is 6.92 Å². The van der Waals surface area contributed by atoms with Gasteiger partial charge < -0.3 is 15.5 Å². The molecule has 0 radical (unpaired) electrons. The highest BCUT2D eigenvalue weighted by Gasteiger charge is 2.16. The number of nitrogens with one attached hydrogen (secondary N) is 1. The summed E-state index contributed by atoms with van der Waals surface area (Å²) in [6, 6.07) is 3.63. The first-order valence-electron chi connectivity index (χ1n) is 4.93. The maximum atomic E-state index is 10.7. The van der Waals surface area contributed by atoms with Crippen molar-refractivity contribution in [1.29, 1.82) is 0 Å². The van der Waals surface area contributed by atoms with E-state index in [4.69, 9.17) is 10.2 Å². The molecule has 16 heavy (non-hydrogen) atoms. The molecule has 0 spiro atoms. The number of nitrogens with zero attached hydrogens (tertiary/aromatic N) is 1. The average Bonchev–Trinajstić information content (AvgIpc) is 2.27. The summed E-state index contributed by atoms with van der Waals surface area (Å²) >= 11 is 0. The lowest BCUT2D eigenvalue weighted by atomic mass is 10.2. The molecule has 0 fully saturated rings. The second kappa shape index (κ2) is 5.32. The normalized spacial score (nSPS) is 12.1. The van der Waals surface area contributed by atoms with Gasteiger partial charge in [-0.05, 0) is 18.6 Å². The molecule has 0 aliphatic carbocycles. The van der Waals surface area contributed by atoms with Crippen molar-refractivity contribution in [1.82, 2.24) is 0 Å². The molecule has 6 heteroatoms. The molecule has 0 amide bonds. The van der Waals surface area contributed by atoms with E-state index in [0.29, 0.717) is 12.1 Å². The van der Waals surface area contributed by atoms with E-state index >= 15 is 0 Å². The SMILES string of the molecule is CCC(CO)Nc1ccc(O)cc1[N+](=O)[O-]. The van der Waals surface area contributed by atoms with Crippen LogP contribution in [0.5, 0.6) is 5.75 Å². The zero-order valence-corrected chi connectivity index (χ0v) is 8.88. The maximum Gasteiger partial charge on any atom is 0.296 e. The second-order valence-corrected chi connectivity index (χ2v) is 3.39. The van der Waals surface area contributed by atoms with E-state index in [1.165, 1.54) is 12.1 Å². The van der Waals surface area contributed by atoms with E-state index in [1.54, 1.807) is 0 Å². The highest BCUT2D eigenvalue weighted by Crippen LogP contribution is 2.28. The standard InChI is InChI=1S/C10H14N2O4/c1-2-7(6-13)11-9-4-3-8(14)5-10(9)12(15)16/h3-5,7,11,13-14H,2,6H2,1H3. The fourth-order valence-electron chi connectivity index (χ4n) is 1.29. The molecule has 88 valence electrons. The van der Waals surface area contributed by atoms with Crippen LogP contribution in [-0.4, -0.2) is 27.8 Å². The summed E-state index contributed by atoms with van der Waals surface area (Å²) in [6.45, 7) is 1.76. The van der Waals surface area contributed by atoms with Crippen LogP contribution >= 0.6 is 0 Å². The van der Waals surface area contributed by atoms with Crippen molar-refractivity contribution in [3.63, 3.8) is 0 Å². The fourth-order valence-corrected chi connectivity index (χ4v) is 1.29. The number of anilines is 1. The van der Waals surface area contributed by atoms with Crippen molar-refractivity contribution in [3.8, 4) is 5.75 Å². The Labute approximate surface area is 92.7 Å². The summed E-state index contributed by atoms with van der Waals surface area (Å²) < 4.78 is 0. The van der Waals surface area contributed by atoms with Gasteiger partial charge in [0.1, 0.15) is 11.4 Å². The fraction of sp³-hybridized carbons (Fsp3) is 0.400. The minimum Gasteiger partial charge on any atom is -0.508 e. The third kappa shape index (κ3) is 2.83. The van der Waals surface area contributed by atoms with Gasteiger partial charge in [-0.2, -0.15) is 0 Å². The number of aliphatic hydroxyl groups excluding tert-OH is 1. The van der Waals surface area contributed by atoms with Crippen molar-refractivity contribution in [2.24, 2.45) is 0 Å². The molecule has 0 saturated heterocycles. The maximum absolute atomic E-state index is 10.7. The minimum absolute atomic E-state index is 0.103. The van der Waals surface area contributed by atoms with E-state index in [-0.39, 0.29) is 24.1 Å². The molecular weight excluding hydrogens is 212 g/mol. The first-order chi connectivity index (χ1) is 7.58. The zero-order valence-electron chi connectivity index (χ0n) is 8.88. The summed E-state index contributed by atoms with van der Waals surface area (Å²) in [5, 5.41) is 31.7. The summed E-state index contributed by atoms with van der Waals surface area (Å²) in [4.78, 5) is 10.1. The van der Waals surface area contributed by atoms with Crippen molar-refractivity contribution >= 4 is 11.4 Å². The van der Waals surface area contributed by atoms with Crippen LogP contribution in [0.3, 0.4) is 0 Å². The summed E-state index contributed by atoms with van der Waals surface area (Å²) in [6.07, 6.45) is 0.647. The number of aromatic hydroxyl groups is 1. The van der Waals surface area contributed by atoms with Gasteiger partial charge in [-0.15, -0.1) is 0 Å². The number of phenols is 1. The molecule has 0 bridgehead atoms. The molecule has 0 aliphatic heterocycles. The predicted octanol–water partition coefficient (Wildman–Crippen LogP) is 1.48. The number of rotatable bonds is 5. The molecule has 0 aliphatic rings. The monoisotopic (exact) mass is 226 g/mol. The minimum atomic E-state index is -0.577. The van der Waals surface area contributed by atoms with Crippen LogP contribution < -0.4 is 5.32 Å². The molecular formula is C10H14N2O4. The molecule has 6 nitrogen and oxygen atoms in total. The van der Waals surface area contributed by atoms with Gasteiger partial charge in [0.25, 0.3) is 5.69 Å².